The summed E-state index contributed by atoms with van der Waals surface area (Å²) in [5.41, 5.74) is 1.92. The number of hydrogen-bond donors (Lipinski definition) is 3. The largest absolute Gasteiger partial charge is 0.465 e. The third-order valence-electron chi connectivity index (χ3n) is 3.89. The Hall–Kier alpha value is -1.89. The highest BCUT2D eigenvalue weighted by Crippen LogP contribution is 2.45. The summed E-state index contributed by atoms with van der Waals surface area (Å²) in [6, 6.07) is 3.71. The number of thioether (sulfide) groups is 1. The molecule has 2 heterocycles. The predicted octanol–water partition coefficient (Wildman–Crippen LogP) is 1.94. The van der Waals surface area contributed by atoms with E-state index in [0.29, 0.717) is 11.3 Å². The number of amides is 1. The summed E-state index contributed by atoms with van der Waals surface area (Å²) in [6.07, 6.45) is 1.99. The van der Waals surface area contributed by atoms with Crippen LogP contribution in [0.1, 0.15) is 19.4 Å². The fraction of sp³-hybridized carbons (Fsp3) is 0.429. The van der Waals surface area contributed by atoms with E-state index in [9.17, 15) is 9.59 Å². The topological polar surface area (TPSA) is 79.5 Å². The van der Waals surface area contributed by atoms with Crippen LogP contribution in [0.3, 0.4) is 0 Å². The normalized spacial score (nSPS) is 25.5. The van der Waals surface area contributed by atoms with Crippen molar-refractivity contribution >= 4 is 40.7 Å². The molecule has 6 nitrogen and oxygen atoms in total. The molecule has 0 aliphatic carbocycles. The van der Waals surface area contributed by atoms with Crippen molar-refractivity contribution < 1.29 is 14.3 Å². The van der Waals surface area contributed by atoms with Gasteiger partial charge in [-0.2, -0.15) is 0 Å². The van der Waals surface area contributed by atoms with E-state index in [-0.39, 0.29) is 18.0 Å². The van der Waals surface area contributed by atoms with Gasteiger partial charge < -0.3 is 20.7 Å². The third kappa shape index (κ3) is 1.95. The summed E-state index contributed by atoms with van der Waals surface area (Å²) >= 11 is 1.64. The Bertz CT molecular complexity index is 634. The second-order valence-corrected chi connectivity index (χ2v) is 6.09. The SMILES string of the molecule is CCOC(=O)C1(C)C(=O)Nc2cc3c(cc21)NC(SC)N3. The minimum atomic E-state index is -1.29. The molecule has 0 radical (unpaired) electrons. The standard InChI is InChI=1S/C14H17N3O3S/c1-4-20-12(19)14(2)7-5-9-10(17-13(16-9)21-3)6-8(7)15-11(14)18/h5-6,13,16-17H,4H2,1-3H3,(H,15,18). The Morgan fingerprint density at radius 2 is 2.00 bits per heavy atom. The van der Waals surface area contributed by atoms with Gasteiger partial charge >= 0.3 is 5.97 Å². The van der Waals surface area contributed by atoms with E-state index in [1.54, 1.807) is 25.6 Å². The zero-order valence-corrected chi connectivity index (χ0v) is 12.9. The van der Waals surface area contributed by atoms with E-state index >= 15 is 0 Å². The van der Waals surface area contributed by atoms with Gasteiger partial charge in [0.25, 0.3) is 0 Å². The number of carbonyl (C=O) groups is 2. The van der Waals surface area contributed by atoms with Gasteiger partial charge in [-0.05, 0) is 32.2 Å². The quantitative estimate of drug-likeness (QED) is 0.585. The second kappa shape index (κ2) is 4.84. The molecule has 0 bridgehead atoms. The van der Waals surface area contributed by atoms with Crippen LogP contribution in [0.25, 0.3) is 0 Å². The Morgan fingerprint density at radius 1 is 1.33 bits per heavy atom. The summed E-state index contributed by atoms with van der Waals surface area (Å²) in [5.74, 6) is -0.866. The number of esters is 1. The van der Waals surface area contributed by atoms with E-state index in [1.165, 1.54) is 0 Å². The van der Waals surface area contributed by atoms with E-state index in [4.69, 9.17) is 4.74 Å². The molecule has 112 valence electrons. The summed E-state index contributed by atoms with van der Waals surface area (Å²) in [7, 11) is 0. The molecule has 1 aromatic carbocycles. The van der Waals surface area contributed by atoms with Crippen LogP contribution in [0, 0.1) is 0 Å². The number of benzene rings is 1. The number of carbonyl (C=O) groups excluding carboxylic acids is 2. The number of anilines is 3. The Labute approximate surface area is 127 Å². The lowest BCUT2D eigenvalue weighted by Gasteiger charge is -2.20. The van der Waals surface area contributed by atoms with Crippen LogP contribution in [0.15, 0.2) is 12.1 Å². The molecular formula is C14H17N3O3S. The van der Waals surface area contributed by atoms with Gasteiger partial charge in [0.2, 0.25) is 5.91 Å². The van der Waals surface area contributed by atoms with Crippen LogP contribution in [-0.4, -0.2) is 30.2 Å². The van der Waals surface area contributed by atoms with Crippen LogP contribution in [0.4, 0.5) is 17.1 Å². The lowest BCUT2D eigenvalue weighted by molar-refractivity contribution is -0.152. The van der Waals surface area contributed by atoms with Crippen molar-refractivity contribution in [3.05, 3.63) is 17.7 Å². The number of rotatable bonds is 3. The Morgan fingerprint density at radius 3 is 2.62 bits per heavy atom. The van der Waals surface area contributed by atoms with Crippen molar-refractivity contribution in [1.82, 2.24) is 0 Å². The van der Waals surface area contributed by atoms with Crippen molar-refractivity contribution in [3.8, 4) is 0 Å². The molecule has 2 atom stereocenters. The highest BCUT2D eigenvalue weighted by Gasteiger charge is 2.51. The van der Waals surface area contributed by atoms with Gasteiger partial charge in [-0.25, -0.2) is 0 Å². The van der Waals surface area contributed by atoms with Crippen molar-refractivity contribution in [2.75, 3.05) is 28.8 Å². The maximum Gasteiger partial charge on any atom is 0.326 e. The van der Waals surface area contributed by atoms with Gasteiger partial charge in [0.1, 0.15) is 5.50 Å². The highest BCUT2D eigenvalue weighted by atomic mass is 32.2. The maximum absolute atomic E-state index is 12.3. The summed E-state index contributed by atoms with van der Waals surface area (Å²) in [6.45, 7) is 3.58. The fourth-order valence-electron chi connectivity index (χ4n) is 2.64. The summed E-state index contributed by atoms with van der Waals surface area (Å²) < 4.78 is 5.08. The van der Waals surface area contributed by atoms with E-state index in [0.717, 1.165) is 11.4 Å². The zero-order chi connectivity index (χ0) is 15.2. The van der Waals surface area contributed by atoms with Crippen molar-refractivity contribution in [2.45, 2.75) is 24.8 Å². The molecule has 0 saturated heterocycles. The number of hydrogen-bond acceptors (Lipinski definition) is 6. The van der Waals surface area contributed by atoms with Crippen LogP contribution in [0.5, 0.6) is 0 Å². The first-order valence-electron chi connectivity index (χ1n) is 6.73. The van der Waals surface area contributed by atoms with Gasteiger partial charge in [-0.3, -0.25) is 9.59 Å². The van der Waals surface area contributed by atoms with Crippen molar-refractivity contribution in [1.29, 1.82) is 0 Å². The molecule has 1 amide bonds. The smallest absolute Gasteiger partial charge is 0.326 e. The van der Waals surface area contributed by atoms with Gasteiger partial charge in [-0.15, -0.1) is 11.8 Å². The number of fused-ring (bicyclic) bond motifs is 2. The van der Waals surface area contributed by atoms with Crippen LogP contribution in [-0.2, 0) is 19.7 Å². The Kier molecular flexibility index (Phi) is 3.24. The van der Waals surface area contributed by atoms with E-state index in [1.807, 2.05) is 18.4 Å². The van der Waals surface area contributed by atoms with Gasteiger partial charge in [0.15, 0.2) is 5.41 Å². The number of nitrogens with one attached hydrogen (secondary N) is 3. The van der Waals surface area contributed by atoms with Gasteiger partial charge in [-0.1, -0.05) is 0 Å². The third-order valence-corrected chi connectivity index (χ3v) is 4.60. The average molecular weight is 307 g/mol. The molecule has 3 N–H and O–H groups in total. The molecule has 21 heavy (non-hydrogen) atoms. The zero-order valence-electron chi connectivity index (χ0n) is 12.1. The van der Waals surface area contributed by atoms with Crippen molar-refractivity contribution in [2.24, 2.45) is 0 Å². The minimum absolute atomic E-state index is 0.0899. The molecule has 0 spiro atoms. The molecule has 0 fully saturated rings. The van der Waals surface area contributed by atoms with Crippen LogP contribution in [0.2, 0.25) is 0 Å². The van der Waals surface area contributed by atoms with Crippen LogP contribution < -0.4 is 16.0 Å². The summed E-state index contributed by atoms with van der Waals surface area (Å²) in [4.78, 5) is 24.5. The molecule has 1 aromatic rings. The molecule has 2 aliphatic heterocycles. The molecular weight excluding hydrogens is 290 g/mol. The highest BCUT2D eigenvalue weighted by molar-refractivity contribution is 7.99. The fourth-order valence-corrected chi connectivity index (χ4v) is 3.13. The van der Waals surface area contributed by atoms with Gasteiger partial charge in [0, 0.05) is 11.3 Å². The molecule has 7 heteroatoms. The molecule has 0 saturated carbocycles. The van der Waals surface area contributed by atoms with Crippen molar-refractivity contribution in [3.63, 3.8) is 0 Å². The van der Waals surface area contributed by atoms with E-state index < -0.39 is 11.4 Å². The lowest BCUT2D eigenvalue weighted by Crippen LogP contribution is -2.40. The van der Waals surface area contributed by atoms with E-state index in [2.05, 4.69) is 16.0 Å². The minimum Gasteiger partial charge on any atom is -0.465 e. The Balaban J connectivity index is 2.04. The first-order chi connectivity index (χ1) is 10.0. The van der Waals surface area contributed by atoms with Crippen LogP contribution >= 0.6 is 11.8 Å². The molecule has 2 unspecified atom stereocenters. The summed E-state index contributed by atoms with van der Waals surface area (Å²) in [5, 5.41) is 9.37. The molecule has 3 rings (SSSR count). The van der Waals surface area contributed by atoms with Gasteiger partial charge in [0.05, 0.1) is 18.0 Å². The lowest BCUT2D eigenvalue weighted by atomic mass is 9.83. The number of ether oxygens (including phenoxy) is 1. The first-order valence-corrected chi connectivity index (χ1v) is 8.02. The first kappa shape index (κ1) is 14.1. The molecule has 0 aromatic heterocycles. The molecule has 2 aliphatic rings. The predicted molar refractivity (Wildman–Crippen MR) is 83.6 cm³/mol. The average Bonchev–Trinajstić information content (AvgIpc) is 2.97. The monoisotopic (exact) mass is 307 g/mol. The second-order valence-electron chi connectivity index (χ2n) is 5.15. The maximum atomic E-state index is 12.3.